The molecule has 0 bridgehead atoms. The van der Waals surface area contributed by atoms with Crippen molar-refractivity contribution in [2.45, 2.75) is 51.9 Å². The predicted octanol–water partition coefficient (Wildman–Crippen LogP) is 4.38. The van der Waals surface area contributed by atoms with Crippen LogP contribution in [0.5, 0.6) is 5.75 Å². The van der Waals surface area contributed by atoms with E-state index in [-0.39, 0.29) is 18.1 Å². The third-order valence-electron chi connectivity index (χ3n) is 6.68. The number of hydrogen-bond acceptors (Lipinski definition) is 4. The van der Waals surface area contributed by atoms with Crippen LogP contribution in [-0.4, -0.2) is 67.2 Å². The molecule has 2 atom stereocenters. The molecule has 2 aromatic rings. The van der Waals surface area contributed by atoms with Gasteiger partial charge in [-0.1, -0.05) is 24.3 Å². The van der Waals surface area contributed by atoms with Crippen LogP contribution in [0.25, 0.3) is 11.1 Å². The van der Waals surface area contributed by atoms with E-state index in [0.29, 0.717) is 6.04 Å². The molecule has 2 aromatic carbocycles. The van der Waals surface area contributed by atoms with Crippen LogP contribution in [0.15, 0.2) is 42.5 Å². The Morgan fingerprint density at radius 1 is 1.00 bits per heavy atom. The SMILES string of the molecule is COc1ccc(-c2cccc(C(=O)N3CCC(N4C[C@H](C)O[C@@H](C)C4)CC3)c2C)cc1. The van der Waals surface area contributed by atoms with Crippen molar-refractivity contribution >= 4 is 5.91 Å². The van der Waals surface area contributed by atoms with Gasteiger partial charge in [-0.15, -0.1) is 0 Å². The molecule has 5 heteroatoms. The van der Waals surface area contributed by atoms with Crippen LogP contribution >= 0.6 is 0 Å². The van der Waals surface area contributed by atoms with Gasteiger partial charge in [0.05, 0.1) is 19.3 Å². The molecule has 0 aromatic heterocycles. The minimum Gasteiger partial charge on any atom is -0.497 e. The molecule has 2 aliphatic rings. The van der Waals surface area contributed by atoms with Crippen LogP contribution in [0, 0.1) is 6.92 Å². The van der Waals surface area contributed by atoms with E-state index in [4.69, 9.17) is 9.47 Å². The molecule has 0 unspecified atom stereocenters. The average Bonchev–Trinajstić information content (AvgIpc) is 2.78. The van der Waals surface area contributed by atoms with Crippen LogP contribution in [0.2, 0.25) is 0 Å². The number of hydrogen-bond donors (Lipinski definition) is 0. The minimum absolute atomic E-state index is 0.148. The molecular formula is C26H34N2O3. The maximum Gasteiger partial charge on any atom is 0.254 e. The van der Waals surface area contributed by atoms with E-state index in [9.17, 15) is 4.79 Å². The Bertz CT molecular complexity index is 893. The maximum atomic E-state index is 13.4. The Hall–Kier alpha value is -2.37. The second-order valence-electron chi connectivity index (χ2n) is 8.94. The van der Waals surface area contributed by atoms with Gasteiger partial charge in [0.1, 0.15) is 5.75 Å². The molecular weight excluding hydrogens is 388 g/mol. The van der Waals surface area contributed by atoms with E-state index in [1.807, 2.05) is 41.3 Å². The first-order valence-corrected chi connectivity index (χ1v) is 11.4. The molecule has 166 valence electrons. The summed E-state index contributed by atoms with van der Waals surface area (Å²) in [6, 6.07) is 14.6. The molecule has 5 nitrogen and oxygen atoms in total. The number of benzene rings is 2. The second kappa shape index (κ2) is 9.41. The summed E-state index contributed by atoms with van der Waals surface area (Å²) < 4.78 is 11.2. The van der Waals surface area contributed by atoms with Gasteiger partial charge in [-0.2, -0.15) is 0 Å². The summed E-state index contributed by atoms with van der Waals surface area (Å²) in [6.07, 6.45) is 2.63. The number of rotatable bonds is 4. The van der Waals surface area contributed by atoms with Gasteiger partial charge in [0.2, 0.25) is 0 Å². The van der Waals surface area contributed by atoms with Crippen molar-refractivity contribution in [1.82, 2.24) is 9.80 Å². The zero-order valence-electron chi connectivity index (χ0n) is 19.1. The first-order chi connectivity index (χ1) is 15.0. The highest BCUT2D eigenvalue weighted by molar-refractivity contribution is 5.97. The highest BCUT2D eigenvalue weighted by Gasteiger charge is 2.32. The number of methoxy groups -OCH3 is 1. The van der Waals surface area contributed by atoms with E-state index in [2.05, 4.69) is 31.7 Å². The molecule has 2 fully saturated rings. The lowest BCUT2D eigenvalue weighted by molar-refractivity contribution is -0.0856. The maximum absolute atomic E-state index is 13.4. The number of piperidine rings is 1. The summed E-state index contributed by atoms with van der Waals surface area (Å²) in [4.78, 5) is 18.0. The first kappa shape index (κ1) is 21.8. The number of carbonyl (C=O) groups excluding carboxylic acids is 1. The zero-order valence-corrected chi connectivity index (χ0v) is 19.1. The highest BCUT2D eigenvalue weighted by Crippen LogP contribution is 2.29. The third kappa shape index (κ3) is 4.78. The molecule has 1 amide bonds. The van der Waals surface area contributed by atoms with Gasteiger partial charge in [-0.3, -0.25) is 9.69 Å². The van der Waals surface area contributed by atoms with Crippen LogP contribution in [0.3, 0.4) is 0 Å². The van der Waals surface area contributed by atoms with Gasteiger partial charge in [-0.05, 0) is 68.5 Å². The molecule has 0 spiro atoms. The molecule has 4 rings (SSSR count). The van der Waals surface area contributed by atoms with Gasteiger partial charge < -0.3 is 14.4 Å². The Morgan fingerprint density at radius 3 is 2.26 bits per heavy atom. The highest BCUT2D eigenvalue weighted by atomic mass is 16.5. The topological polar surface area (TPSA) is 42.0 Å². The van der Waals surface area contributed by atoms with Crippen molar-refractivity contribution in [3.8, 4) is 16.9 Å². The summed E-state index contributed by atoms with van der Waals surface area (Å²) in [7, 11) is 1.67. The van der Waals surface area contributed by atoms with E-state index >= 15 is 0 Å². The van der Waals surface area contributed by atoms with Crippen molar-refractivity contribution < 1.29 is 14.3 Å². The number of ether oxygens (including phenoxy) is 2. The Balaban J connectivity index is 1.44. The largest absolute Gasteiger partial charge is 0.497 e. The summed E-state index contributed by atoms with van der Waals surface area (Å²) in [5.74, 6) is 0.982. The number of likely N-dealkylation sites (tertiary alicyclic amines) is 1. The Labute approximate surface area is 185 Å². The number of morpholine rings is 1. The first-order valence-electron chi connectivity index (χ1n) is 11.4. The molecule has 0 radical (unpaired) electrons. The normalized spacial score (nSPS) is 23.0. The lowest BCUT2D eigenvalue weighted by Crippen LogP contribution is -2.53. The van der Waals surface area contributed by atoms with Gasteiger partial charge in [0.25, 0.3) is 5.91 Å². The fraction of sp³-hybridized carbons (Fsp3) is 0.500. The number of carbonyl (C=O) groups is 1. The van der Waals surface area contributed by atoms with E-state index in [1.54, 1.807) is 7.11 Å². The molecule has 2 aliphatic heterocycles. The molecule has 0 N–H and O–H groups in total. The molecule has 31 heavy (non-hydrogen) atoms. The van der Waals surface area contributed by atoms with Crippen LogP contribution in [0.1, 0.15) is 42.6 Å². The lowest BCUT2D eigenvalue weighted by Gasteiger charge is -2.43. The number of nitrogens with zero attached hydrogens (tertiary/aromatic N) is 2. The summed E-state index contributed by atoms with van der Waals surface area (Å²) in [5.41, 5.74) is 4.04. The quantitative estimate of drug-likeness (QED) is 0.733. The standard InChI is InChI=1S/C26H34N2O3/c1-18-16-28(17-19(2)31-18)22-12-14-27(15-13-22)26(29)25-7-5-6-24(20(25)3)21-8-10-23(30-4)11-9-21/h5-11,18-19,22H,12-17H2,1-4H3/t18-,19-/m0/s1. The van der Waals surface area contributed by atoms with Crippen LogP contribution in [-0.2, 0) is 4.74 Å². The van der Waals surface area contributed by atoms with Crippen molar-refractivity contribution in [2.24, 2.45) is 0 Å². The fourth-order valence-electron chi connectivity index (χ4n) is 5.07. The van der Waals surface area contributed by atoms with Crippen LogP contribution in [0.4, 0.5) is 0 Å². The van der Waals surface area contributed by atoms with E-state index < -0.39 is 0 Å². The molecule has 2 saturated heterocycles. The van der Waals surface area contributed by atoms with Crippen molar-refractivity contribution in [2.75, 3.05) is 33.3 Å². The second-order valence-corrected chi connectivity index (χ2v) is 8.94. The monoisotopic (exact) mass is 422 g/mol. The average molecular weight is 423 g/mol. The van der Waals surface area contributed by atoms with E-state index in [0.717, 1.165) is 67.0 Å². The zero-order chi connectivity index (χ0) is 22.0. The van der Waals surface area contributed by atoms with Gasteiger partial charge in [0.15, 0.2) is 0 Å². The van der Waals surface area contributed by atoms with Crippen molar-refractivity contribution in [3.05, 3.63) is 53.6 Å². The van der Waals surface area contributed by atoms with Gasteiger partial charge in [0, 0.05) is 37.8 Å². The summed E-state index contributed by atoms with van der Waals surface area (Å²) in [5, 5.41) is 0. The molecule has 0 saturated carbocycles. The van der Waals surface area contributed by atoms with Gasteiger partial charge >= 0.3 is 0 Å². The van der Waals surface area contributed by atoms with Crippen molar-refractivity contribution in [1.29, 1.82) is 0 Å². The molecule has 2 heterocycles. The fourth-order valence-corrected chi connectivity index (χ4v) is 5.07. The Kier molecular flexibility index (Phi) is 6.63. The summed E-state index contributed by atoms with van der Waals surface area (Å²) in [6.45, 7) is 9.97. The number of amides is 1. The molecule has 0 aliphatic carbocycles. The lowest BCUT2D eigenvalue weighted by atomic mass is 9.94. The third-order valence-corrected chi connectivity index (χ3v) is 6.68. The van der Waals surface area contributed by atoms with Gasteiger partial charge in [-0.25, -0.2) is 0 Å². The summed E-state index contributed by atoms with van der Waals surface area (Å²) >= 11 is 0. The van der Waals surface area contributed by atoms with Crippen LogP contribution < -0.4 is 4.74 Å². The van der Waals surface area contributed by atoms with E-state index in [1.165, 1.54) is 0 Å². The minimum atomic E-state index is 0.148. The smallest absolute Gasteiger partial charge is 0.254 e. The predicted molar refractivity (Wildman–Crippen MR) is 124 cm³/mol. The Morgan fingerprint density at radius 2 is 1.65 bits per heavy atom. The van der Waals surface area contributed by atoms with Crippen molar-refractivity contribution in [3.63, 3.8) is 0 Å².